The van der Waals surface area contributed by atoms with Gasteiger partial charge in [0.25, 0.3) is 5.69 Å². The molecule has 0 fully saturated rings. The Bertz CT molecular complexity index is 1530. The first kappa shape index (κ1) is 27.9. The molecule has 0 aliphatic carbocycles. The number of rotatable bonds is 6. The third-order valence-corrected chi connectivity index (χ3v) is 5.71. The summed E-state index contributed by atoms with van der Waals surface area (Å²) < 4.78 is 40.9. The summed E-state index contributed by atoms with van der Waals surface area (Å²) in [6, 6.07) is 41.2. The smallest absolute Gasteiger partial charge is 0.418 e. The minimum absolute atomic E-state index is 0.0527. The van der Waals surface area contributed by atoms with Gasteiger partial charge in [-0.15, -0.1) is 0 Å². The fourth-order valence-electron chi connectivity index (χ4n) is 3.95. The highest BCUT2D eigenvalue weighted by Crippen LogP contribution is 2.29. The first-order valence-corrected chi connectivity index (χ1v) is 12.1. The van der Waals surface area contributed by atoms with E-state index in [1.165, 1.54) is 12.1 Å². The zero-order valence-corrected chi connectivity index (χ0v) is 20.9. The van der Waals surface area contributed by atoms with Crippen molar-refractivity contribution in [1.82, 2.24) is 0 Å². The topological polar surface area (TPSA) is 59.4 Å². The van der Waals surface area contributed by atoms with Crippen molar-refractivity contribution in [2.24, 2.45) is 5.10 Å². The van der Waals surface area contributed by atoms with E-state index in [-0.39, 0.29) is 5.69 Å². The van der Waals surface area contributed by atoms with Crippen LogP contribution in [-0.2, 0) is 0 Å². The molecule has 0 radical (unpaired) electrons. The van der Waals surface area contributed by atoms with Gasteiger partial charge in [-0.05, 0) is 62.9 Å². The number of nitrogens with zero attached hydrogens (tertiary/aromatic N) is 3. The number of pyridine rings is 1. The van der Waals surface area contributed by atoms with Crippen molar-refractivity contribution in [1.29, 1.82) is 0 Å². The molecule has 10 heteroatoms. The first-order chi connectivity index (χ1) is 19.2. The summed E-state index contributed by atoms with van der Waals surface area (Å²) in [5, 5.41) is 15.9. The molecule has 1 heterocycles. The Balaban J connectivity index is 0.000000681. The molecule has 0 amide bonds. The minimum Gasteiger partial charge on any atom is -0.418 e. The maximum atomic E-state index is 11.0. The van der Waals surface area contributed by atoms with Crippen LogP contribution in [0.3, 0.4) is 0 Å². The van der Waals surface area contributed by atoms with E-state index in [1.54, 1.807) is 18.3 Å². The average molecular weight is 543 g/mol. The number of halogens is 4. The summed E-state index contributed by atoms with van der Waals surface area (Å²) in [6.07, 6.45) is 1.73. The molecule has 0 atom stereocenters. The van der Waals surface area contributed by atoms with E-state index in [9.17, 15) is 27.4 Å². The molecule has 200 valence electrons. The number of hydrogen-bond donors (Lipinski definition) is 0. The van der Waals surface area contributed by atoms with Gasteiger partial charge in [-0.1, -0.05) is 66.7 Å². The third kappa shape index (κ3) is 7.70. The summed E-state index contributed by atoms with van der Waals surface area (Å²) >= 11 is 0. The SMILES string of the molecule is F[B-](F)(F)F.O=[N+]([O-])c1ccc(/C=N/[n+]2c(-c3ccccc3)cc(-c3ccccc3)cc2-c2ccccc2)cc1. The summed E-state index contributed by atoms with van der Waals surface area (Å²) in [4.78, 5) is 10.6. The molecule has 0 saturated carbocycles. The molecule has 0 N–H and O–H groups in total. The molecule has 5 rings (SSSR count). The lowest BCUT2D eigenvalue weighted by Gasteiger charge is -2.09. The van der Waals surface area contributed by atoms with Gasteiger partial charge in [-0.25, -0.2) is 0 Å². The number of nitro groups is 1. The second-order valence-electron chi connectivity index (χ2n) is 8.51. The van der Waals surface area contributed by atoms with E-state index in [4.69, 9.17) is 5.10 Å². The van der Waals surface area contributed by atoms with Crippen LogP contribution in [0.4, 0.5) is 23.0 Å². The highest BCUT2D eigenvalue weighted by molar-refractivity contribution is 6.50. The number of benzene rings is 4. The van der Waals surface area contributed by atoms with Crippen LogP contribution in [0.5, 0.6) is 0 Å². The Kier molecular flexibility index (Phi) is 8.80. The van der Waals surface area contributed by atoms with Crippen molar-refractivity contribution in [2.75, 3.05) is 0 Å². The van der Waals surface area contributed by atoms with Crippen LogP contribution >= 0.6 is 0 Å². The van der Waals surface area contributed by atoms with Gasteiger partial charge >= 0.3 is 7.25 Å². The van der Waals surface area contributed by atoms with E-state index in [1.807, 2.05) is 59.3 Å². The maximum Gasteiger partial charge on any atom is 0.673 e. The van der Waals surface area contributed by atoms with Crippen LogP contribution in [-0.4, -0.2) is 18.4 Å². The summed E-state index contributed by atoms with van der Waals surface area (Å²) in [7, 11) is -6.00. The van der Waals surface area contributed by atoms with Crippen molar-refractivity contribution in [2.45, 2.75) is 0 Å². The van der Waals surface area contributed by atoms with Crippen molar-refractivity contribution in [3.05, 3.63) is 143 Å². The predicted molar refractivity (Wildman–Crippen MR) is 149 cm³/mol. The standard InChI is InChI=1S/C30H22N3O2.BF4/c34-33(35)28-18-16-23(17-19-28)22-31-32-29(25-12-6-2-7-13-25)20-27(24-10-4-1-5-11-24)21-30(32)26-14-8-3-9-15-26;2-1(3,4)5/h1-22H;/q+1;-1/b31-22+;. The van der Waals surface area contributed by atoms with Crippen molar-refractivity contribution >= 4 is 19.2 Å². The molecular weight excluding hydrogens is 521 g/mol. The third-order valence-electron chi connectivity index (χ3n) is 5.71. The second kappa shape index (κ2) is 12.6. The summed E-state index contributed by atoms with van der Waals surface area (Å²) in [5.74, 6) is 0. The lowest BCUT2D eigenvalue weighted by Crippen LogP contribution is -2.34. The van der Waals surface area contributed by atoms with Gasteiger partial charge < -0.3 is 17.3 Å². The summed E-state index contributed by atoms with van der Waals surface area (Å²) in [6.45, 7) is 0. The Hall–Kier alpha value is -5.12. The fourth-order valence-corrected chi connectivity index (χ4v) is 3.95. The Labute approximate surface area is 227 Å². The van der Waals surface area contributed by atoms with E-state index >= 15 is 0 Å². The number of non-ortho nitro benzene ring substituents is 1. The van der Waals surface area contributed by atoms with Crippen LogP contribution in [0.1, 0.15) is 5.56 Å². The zero-order valence-electron chi connectivity index (χ0n) is 20.9. The van der Waals surface area contributed by atoms with E-state index in [2.05, 4.69) is 48.5 Å². The van der Waals surface area contributed by atoms with Gasteiger partial charge in [0.05, 0.1) is 4.92 Å². The molecule has 0 spiro atoms. The van der Waals surface area contributed by atoms with Crippen LogP contribution < -0.4 is 4.68 Å². The molecule has 0 unspecified atom stereocenters. The average Bonchev–Trinajstić information content (AvgIpc) is 2.96. The van der Waals surface area contributed by atoms with Crippen LogP contribution in [0, 0.1) is 10.1 Å². The van der Waals surface area contributed by atoms with Crippen LogP contribution in [0.15, 0.2) is 132 Å². The molecule has 5 aromatic rings. The molecule has 40 heavy (non-hydrogen) atoms. The van der Waals surface area contributed by atoms with Crippen LogP contribution in [0.2, 0.25) is 0 Å². The predicted octanol–water partition coefficient (Wildman–Crippen LogP) is 8.07. The molecule has 0 bridgehead atoms. The molecule has 0 aliphatic rings. The minimum atomic E-state index is -6.00. The van der Waals surface area contributed by atoms with Crippen LogP contribution in [0.25, 0.3) is 33.6 Å². The Morgan fingerprint density at radius 2 is 1.02 bits per heavy atom. The van der Waals surface area contributed by atoms with Crippen molar-refractivity contribution < 1.29 is 26.9 Å². The zero-order chi connectivity index (χ0) is 28.5. The van der Waals surface area contributed by atoms with Gasteiger partial charge in [0.15, 0.2) is 0 Å². The molecule has 4 aromatic carbocycles. The highest BCUT2D eigenvalue weighted by Gasteiger charge is 2.23. The number of hydrogen-bond acceptors (Lipinski definition) is 3. The monoisotopic (exact) mass is 543 g/mol. The Morgan fingerprint density at radius 1 is 0.625 bits per heavy atom. The molecule has 1 aromatic heterocycles. The number of aromatic nitrogens is 1. The lowest BCUT2D eigenvalue weighted by molar-refractivity contribution is -0.656. The first-order valence-electron chi connectivity index (χ1n) is 12.1. The van der Waals surface area contributed by atoms with Crippen molar-refractivity contribution in [3.8, 4) is 33.6 Å². The van der Waals surface area contributed by atoms with Gasteiger partial charge in [-0.2, -0.15) is 0 Å². The van der Waals surface area contributed by atoms with Gasteiger partial charge in [0.2, 0.25) is 11.4 Å². The molecule has 5 nitrogen and oxygen atoms in total. The molecular formula is C30H22BF4N3O2. The Morgan fingerprint density at radius 3 is 1.43 bits per heavy atom. The van der Waals surface area contributed by atoms with Crippen molar-refractivity contribution in [3.63, 3.8) is 0 Å². The fraction of sp³-hybridized carbons (Fsp3) is 0. The molecule has 0 saturated heterocycles. The van der Waals surface area contributed by atoms with Gasteiger partial charge in [0.1, 0.15) is 6.21 Å². The maximum absolute atomic E-state index is 11.0. The quantitative estimate of drug-likeness (QED) is 0.0543. The second-order valence-corrected chi connectivity index (χ2v) is 8.51. The lowest BCUT2D eigenvalue weighted by atomic mass is 10.00. The number of nitro benzene ring substituents is 1. The van der Waals surface area contributed by atoms with Gasteiger partial charge in [-0.3, -0.25) is 10.1 Å². The largest absolute Gasteiger partial charge is 0.673 e. The highest BCUT2D eigenvalue weighted by atomic mass is 19.5. The van der Waals surface area contributed by atoms with Gasteiger partial charge in [0, 0.05) is 35.4 Å². The van der Waals surface area contributed by atoms with E-state index in [0.717, 1.165) is 39.2 Å². The van der Waals surface area contributed by atoms with E-state index < -0.39 is 12.2 Å². The summed E-state index contributed by atoms with van der Waals surface area (Å²) in [5.41, 5.74) is 6.96. The van der Waals surface area contributed by atoms with E-state index in [0.29, 0.717) is 0 Å². The normalized spacial score (nSPS) is 11.1. The molecule has 0 aliphatic heterocycles.